The fourth-order valence-corrected chi connectivity index (χ4v) is 2.75. The van der Waals surface area contributed by atoms with Crippen molar-refractivity contribution >= 4 is 28.4 Å². The highest BCUT2D eigenvalue weighted by Gasteiger charge is 2.26. The maximum Gasteiger partial charge on any atom is 0.272 e. The van der Waals surface area contributed by atoms with Crippen LogP contribution in [-0.2, 0) is 0 Å². The Kier molecular flexibility index (Phi) is 3.59. The standard InChI is InChI=1S/C15H16ClN3O/c16-12-3-1-11-2-4-13(18-14(11)7-12)15(20)19-6-5-10(8-17)9-19/h1-4,7,10H,5-6,8-9,17H2/t10-/m1/s1. The molecule has 5 heteroatoms. The first-order chi connectivity index (χ1) is 9.67. The van der Waals surface area contributed by atoms with E-state index in [0.29, 0.717) is 23.2 Å². The maximum atomic E-state index is 12.4. The number of nitrogens with two attached hydrogens (primary N) is 1. The topological polar surface area (TPSA) is 59.2 Å². The number of nitrogens with zero attached hydrogens (tertiary/aromatic N) is 2. The summed E-state index contributed by atoms with van der Waals surface area (Å²) in [6.07, 6.45) is 0.974. The molecule has 1 aliphatic rings. The van der Waals surface area contributed by atoms with E-state index in [-0.39, 0.29) is 5.91 Å². The van der Waals surface area contributed by atoms with Gasteiger partial charge >= 0.3 is 0 Å². The summed E-state index contributed by atoms with van der Waals surface area (Å²) in [4.78, 5) is 18.7. The van der Waals surface area contributed by atoms with Crippen LogP contribution in [0.5, 0.6) is 0 Å². The van der Waals surface area contributed by atoms with Crippen molar-refractivity contribution in [2.75, 3.05) is 19.6 Å². The van der Waals surface area contributed by atoms with Crippen LogP contribution in [0.2, 0.25) is 5.02 Å². The van der Waals surface area contributed by atoms with Crippen molar-refractivity contribution in [3.63, 3.8) is 0 Å². The molecule has 1 saturated heterocycles. The third-order valence-electron chi connectivity index (χ3n) is 3.78. The number of likely N-dealkylation sites (tertiary alicyclic amines) is 1. The summed E-state index contributed by atoms with van der Waals surface area (Å²) < 4.78 is 0. The monoisotopic (exact) mass is 289 g/mol. The van der Waals surface area contributed by atoms with Crippen LogP contribution < -0.4 is 5.73 Å². The van der Waals surface area contributed by atoms with Gasteiger partial charge in [0, 0.05) is 23.5 Å². The third kappa shape index (κ3) is 2.49. The molecule has 2 aromatic rings. The molecule has 0 unspecified atom stereocenters. The van der Waals surface area contributed by atoms with Crippen molar-refractivity contribution in [1.82, 2.24) is 9.88 Å². The molecule has 1 aromatic carbocycles. The van der Waals surface area contributed by atoms with E-state index in [2.05, 4.69) is 4.98 Å². The van der Waals surface area contributed by atoms with Gasteiger partial charge in [-0.25, -0.2) is 4.98 Å². The van der Waals surface area contributed by atoms with Gasteiger partial charge in [0.25, 0.3) is 5.91 Å². The number of hydrogen-bond donors (Lipinski definition) is 1. The average Bonchev–Trinajstić information content (AvgIpc) is 2.94. The second-order valence-corrected chi connectivity index (χ2v) is 5.61. The number of hydrogen-bond acceptors (Lipinski definition) is 3. The Hall–Kier alpha value is -1.65. The van der Waals surface area contributed by atoms with E-state index in [9.17, 15) is 4.79 Å². The maximum absolute atomic E-state index is 12.4. The van der Waals surface area contributed by atoms with Crippen molar-refractivity contribution in [2.24, 2.45) is 11.7 Å². The summed E-state index contributed by atoms with van der Waals surface area (Å²) in [5.74, 6) is 0.386. The van der Waals surface area contributed by atoms with E-state index in [1.165, 1.54) is 0 Å². The summed E-state index contributed by atoms with van der Waals surface area (Å²) in [6, 6.07) is 9.18. The molecular weight excluding hydrogens is 274 g/mol. The van der Waals surface area contributed by atoms with E-state index in [1.807, 2.05) is 23.1 Å². The summed E-state index contributed by atoms with van der Waals surface area (Å²) in [5, 5.41) is 1.60. The van der Waals surface area contributed by atoms with E-state index in [0.717, 1.165) is 30.4 Å². The van der Waals surface area contributed by atoms with Crippen LogP contribution in [-0.4, -0.2) is 35.4 Å². The zero-order valence-corrected chi connectivity index (χ0v) is 11.8. The Bertz CT molecular complexity index is 659. The van der Waals surface area contributed by atoms with Gasteiger partial charge in [0.05, 0.1) is 5.52 Å². The van der Waals surface area contributed by atoms with Gasteiger partial charge in [0.2, 0.25) is 0 Å². The lowest BCUT2D eigenvalue weighted by molar-refractivity contribution is 0.0782. The van der Waals surface area contributed by atoms with Gasteiger partial charge < -0.3 is 10.6 Å². The lowest BCUT2D eigenvalue weighted by atomic mass is 10.1. The smallest absolute Gasteiger partial charge is 0.272 e. The Morgan fingerprint density at radius 2 is 2.20 bits per heavy atom. The summed E-state index contributed by atoms with van der Waals surface area (Å²) >= 11 is 5.97. The molecule has 1 fully saturated rings. The molecule has 0 radical (unpaired) electrons. The number of carbonyl (C=O) groups is 1. The van der Waals surface area contributed by atoms with Gasteiger partial charge in [0.1, 0.15) is 5.69 Å². The number of carbonyl (C=O) groups excluding carboxylic acids is 1. The molecular formula is C15H16ClN3O. The van der Waals surface area contributed by atoms with Gasteiger partial charge in [-0.1, -0.05) is 23.7 Å². The summed E-state index contributed by atoms with van der Waals surface area (Å²) in [7, 11) is 0. The van der Waals surface area contributed by atoms with Crippen molar-refractivity contribution in [3.8, 4) is 0 Å². The minimum atomic E-state index is -0.0252. The highest BCUT2D eigenvalue weighted by atomic mass is 35.5. The highest BCUT2D eigenvalue weighted by molar-refractivity contribution is 6.31. The zero-order chi connectivity index (χ0) is 14.1. The summed E-state index contributed by atoms with van der Waals surface area (Å²) in [5.41, 5.74) is 6.88. The molecule has 2 N–H and O–H groups in total. The fraction of sp³-hybridized carbons (Fsp3) is 0.333. The molecule has 20 heavy (non-hydrogen) atoms. The van der Waals surface area contributed by atoms with Crippen molar-refractivity contribution < 1.29 is 4.79 Å². The lowest BCUT2D eigenvalue weighted by Crippen LogP contribution is -2.30. The molecule has 1 atom stereocenters. The van der Waals surface area contributed by atoms with Crippen molar-refractivity contribution in [2.45, 2.75) is 6.42 Å². The Morgan fingerprint density at radius 1 is 1.40 bits per heavy atom. The molecule has 1 aromatic heterocycles. The predicted octanol–water partition coefficient (Wildman–Crippen LogP) is 2.31. The number of rotatable bonds is 2. The van der Waals surface area contributed by atoms with Gasteiger partial charge in [-0.05, 0) is 37.1 Å². The molecule has 0 bridgehead atoms. The third-order valence-corrected chi connectivity index (χ3v) is 4.01. The molecule has 2 heterocycles. The van der Waals surface area contributed by atoms with E-state index in [1.54, 1.807) is 12.1 Å². The predicted molar refractivity (Wildman–Crippen MR) is 79.8 cm³/mol. The largest absolute Gasteiger partial charge is 0.337 e. The highest BCUT2D eigenvalue weighted by Crippen LogP contribution is 2.20. The van der Waals surface area contributed by atoms with E-state index >= 15 is 0 Å². The number of amides is 1. The van der Waals surface area contributed by atoms with Crippen LogP contribution in [0.4, 0.5) is 0 Å². The molecule has 0 saturated carbocycles. The minimum Gasteiger partial charge on any atom is -0.337 e. The van der Waals surface area contributed by atoms with Crippen LogP contribution >= 0.6 is 11.6 Å². The number of halogens is 1. The fourth-order valence-electron chi connectivity index (χ4n) is 2.58. The molecule has 1 aliphatic heterocycles. The van der Waals surface area contributed by atoms with Crippen LogP contribution in [0.25, 0.3) is 10.9 Å². The van der Waals surface area contributed by atoms with Crippen LogP contribution in [0.1, 0.15) is 16.9 Å². The van der Waals surface area contributed by atoms with Gasteiger partial charge in [-0.2, -0.15) is 0 Å². The molecule has 0 spiro atoms. The average molecular weight is 290 g/mol. The van der Waals surface area contributed by atoms with Crippen molar-refractivity contribution in [1.29, 1.82) is 0 Å². The second kappa shape index (κ2) is 5.38. The first-order valence-corrected chi connectivity index (χ1v) is 7.11. The number of fused-ring (bicyclic) bond motifs is 1. The van der Waals surface area contributed by atoms with Gasteiger partial charge in [0.15, 0.2) is 0 Å². The van der Waals surface area contributed by atoms with Crippen LogP contribution in [0.3, 0.4) is 0 Å². The first-order valence-electron chi connectivity index (χ1n) is 6.73. The SMILES string of the molecule is NC[C@H]1CCN(C(=O)c2ccc3ccc(Cl)cc3n2)C1. The normalized spacial score (nSPS) is 18.7. The number of aromatic nitrogens is 1. The molecule has 0 aliphatic carbocycles. The molecule has 1 amide bonds. The first kappa shape index (κ1) is 13.3. The van der Waals surface area contributed by atoms with Gasteiger partial charge in [-0.15, -0.1) is 0 Å². The Labute approximate surface area is 122 Å². The van der Waals surface area contributed by atoms with Crippen molar-refractivity contribution in [3.05, 3.63) is 41.0 Å². The lowest BCUT2D eigenvalue weighted by Gasteiger charge is -2.15. The van der Waals surface area contributed by atoms with E-state index < -0.39 is 0 Å². The van der Waals surface area contributed by atoms with E-state index in [4.69, 9.17) is 17.3 Å². The quantitative estimate of drug-likeness (QED) is 0.923. The van der Waals surface area contributed by atoms with Gasteiger partial charge in [-0.3, -0.25) is 4.79 Å². The van der Waals surface area contributed by atoms with Crippen LogP contribution in [0, 0.1) is 5.92 Å². The van der Waals surface area contributed by atoms with Crippen LogP contribution in [0.15, 0.2) is 30.3 Å². The Morgan fingerprint density at radius 3 is 2.95 bits per heavy atom. The number of pyridine rings is 1. The minimum absolute atomic E-state index is 0.0252. The Balaban J connectivity index is 1.88. The molecule has 3 rings (SSSR count). The molecule has 104 valence electrons. The molecule has 4 nitrogen and oxygen atoms in total. The zero-order valence-electron chi connectivity index (χ0n) is 11.1. The summed E-state index contributed by atoms with van der Waals surface area (Å²) in [6.45, 7) is 2.12. The number of benzene rings is 1. The second-order valence-electron chi connectivity index (χ2n) is 5.18.